The summed E-state index contributed by atoms with van der Waals surface area (Å²) in [7, 11) is 0. The number of hydrogen-bond acceptors (Lipinski definition) is 3. The highest BCUT2D eigenvalue weighted by Crippen LogP contribution is 2.23. The van der Waals surface area contributed by atoms with Crippen LogP contribution in [0.5, 0.6) is 0 Å². The van der Waals surface area contributed by atoms with Gasteiger partial charge in [-0.1, -0.05) is 29.8 Å². The number of thioether (sulfide) groups is 1. The molecule has 0 aliphatic rings. The van der Waals surface area contributed by atoms with Crippen LogP contribution in [0.1, 0.15) is 25.0 Å². The zero-order chi connectivity index (χ0) is 15.2. The molecule has 0 fully saturated rings. The smallest absolute Gasteiger partial charge is 0.313 e. The molecule has 0 spiro atoms. The Bertz CT molecular complexity index is 469. The number of aliphatic carboxylic acids is 1. The van der Waals surface area contributed by atoms with E-state index in [4.69, 9.17) is 5.11 Å². The minimum atomic E-state index is -0.832. The average Bonchev–Trinajstić information content (AvgIpc) is 2.38. The zero-order valence-corrected chi connectivity index (χ0v) is 12.9. The molecular formula is C15H21NO3S. The van der Waals surface area contributed by atoms with Crippen LogP contribution in [0.25, 0.3) is 0 Å². The maximum Gasteiger partial charge on any atom is 0.313 e. The summed E-state index contributed by atoms with van der Waals surface area (Å²) in [6.45, 7) is 6.26. The van der Waals surface area contributed by atoms with Crippen LogP contribution in [0.4, 0.5) is 0 Å². The van der Waals surface area contributed by atoms with Crippen molar-refractivity contribution < 1.29 is 14.7 Å². The van der Waals surface area contributed by atoms with Gasteiger partial charge in [0, 0.05) is 12.3 Å². The summed E-state index contributed by atoms with van der Waals surface area (Å²) >= 11 is 1.30. The second kappa shape index (κ2) is 7.33. The van der Waals surface area contributed by atoms with E-state index in [0.717, 1.165) is 11.1 Å². The van der Waals surface area contributed by atoms with Gasteiger partial charge in [-0.25, -0.2) is 0 Å². The van der Waals surface area contributed by atoms with E-state index < -0.39 is 11.4 Å². The van der Waals surface area contributed by atoms with Gasteiger partial charge in [0.2, 0.25) is 5.91 Å². The number of rotatable bonds is 7. The number of carbonyl (C=O) groups excluding carboxylic acids is 1. The summed E-state index contributed by atoms with van der Waals surface area (Å²) in [6, 6.07) is 7.92. The summed E-state index contributed by atoms with van der Waals surface area (Å²) in [5.74, 6) is -0.210. The highest BCUT2D eigenvalue weighted by molar-refractivity contribution is 7.99. The molecule has 1 rings (SSSR count). The first-order chi connectivity index (χ1) is 9.34. The fourth-order valence-corrected chi connectivity index (χ4v) is 2.28. The predicted octanol–water partition coefficient (Wildman–Crippen LogP) is 2.21. The van der Waals surface area contributed by atoms with E-state index in [1.54, 1.807) is 0 Å². The monoisotopic (exact) mass is 295 g/mol. The highest BCUT2D eigenvalue weighted by atomic mass is 32.2. The third kappa shape index (κ3) is 4.89. The van der Waals surface area contributed by atoms with Crippen LogP contribution in [0, 0.1) is 6.92 Å². The van der Waals surface area contributed by atoms with Crippen molar-refractivity contribution in [2.45, 2.75) is 26.2 Å². The maximum atomic E-state index is 12.2. The zero-order valence-electron chi connectivity index (χ0n) is 12.1. The summed E-state index contributed by atoms with van der Waals surface area (Å²) < 4.78 is 0. The Morgan fingerprint density at radius 2 is 1.85 bits per heavy atom. The van der Waals surface area contributed by atoms with Gasteiger partial charge in [-0.15, -0.1) is 11.8 Å². The van der Waals surface area contributed by atoms with Crippen molar-refractivity contribution in [3.8, 4) is 0 Å². The van der Waals surface area contributed by atoms with Crippen molar-refractivity contribution in [1.82, 2.24) is 5.32 Å². The van der Waals surface area contributed by atoms with Crippen LogP contribution < -0.4 is 5.32 Å². The van der Waals surface area contributed by atoms with Gasteiger partial charge in [0.25, 0.3) is 0 Å². The van der Waals surface area contributed by atoms with Gasteiger partial charge in [0.15, 0.2) is 0 Å². The first-order valence-corrected chi connectivity index (χ1v) is 7.64. The third-order valence-electron chi connectivity index (χ3n) is 3.10. The van der Waals surface area contributed by atoms with Gasteiger partial charge in [-0.05, 0) is 26.3 Å². The molecule has 20 heavy (non-hydrogen) atoms. The van der Waals surface area contributed by atoms with E-state index >= 15 is 0 Å². The Labute approximate surface area is 124 Å². The van der Waals surface area contributed by atoms with Crippen molar-refractivity contribution in [2.24, 2.45) is 0 Å². The standard InChI is InChI=1S/C15H21NO3S/c1-11-4-6-12(7-5-11)15(2,3)14(19)16-8-9-20-10-13(17)18/h4-7H,8-10H2,1-3H3,(H,16,19)(H,17,18). The fraction of sp³-hybridized carbons (Fsp3) is 0.467. The number of hydrogen-bond donors (Lipinski definition) is 2. The Morgan fingerprint density at radius 3 is 2.40 bits per heavy atom. The predicted molar refractivity (Wildman–Crippen MR) is 82.2 cm³/mol. The average molecular weight is 295 g/mol. The molecule has 0 saturated heterocycles. The molecule has 0 atom stereocenters. The maximum absolute atomic E-state index is 12.2. The number of carbonyl (C=O) groups is 2. The molecule has 110 valence electrons. The topological polar surface area (TPSA) is 66.4 Å². The highest BCUT2D eigenvalue weighted by Gasteiger charge is 2.29. The van der Waals surface area contributed by atoms with Gasteiger partial charge in [-0.2, -0.15) is 0 Å². The fourth-order valence-electron chi connectivity index (χ4n) is 1.72. The Balaban J connectivity index is 2.48. The quantitative estimate of drug-likeness (QED) is 0.757. The molecule has 0 saturated carbocycles. The molecule has 0 bridgehead atoms. The lowest BCUT2D eigenvalue weighted by atomic mass is 9.83. The van der Waals surface area contributed by atoms with Crippen LogP contribution in [0.15, 0.2) is 24.3 Å². The number of carboxylic acid groups (broad SMARTS) is 1. The lowest BCUT2D eigenvalue weighted by Crippen LogP contribution is -2.41. The van der Waals surface area contributed by atoms with E-state index in [2.05, 4.69) is 5.32 Å². The normalized spacial score (nSPS) is 11.2. The second-order valence-electron chi connectivity index (χ2n) is 5.19. The Morgan fingerprint density at radius 1 is 1.25 bits per heavy atom. The van der Waals surface area contributed by atoms with Gasteiger partial charge < -0.3 is 10.4 Å². The first kappa shape index (κ1) is 16.6. The molecule has 5 heteroatoms. The van der Waals surface area contributed by atoms with Crippen molar-refractivity contribution >= 4 is 23.6 Å². The second-order valence-corrected chi connectivity index (χ2v) is 6.30. The van der Waals surface area contributed by atoms with Crippen molar-refractivity contribution in [1.29, 1.82) is 0 Å². The van der Waals surface area contributed by atoms with Crippen LogP contribution in [-0.4, -0.2) is 35.0 Å². The lowest BCUT2D eigenvalue weighted by Gasteiger charge is -2.24. The molecule has 0 aliphatic carbocycles. The van der Waals surface area contributed by atoms with Gasteiger partial charge in [-0.3, -0.25) is 9.59 Å². The number of nitrogens with one attached hydrogen (secondary N) is 1. The van der Waals surface area contributed by atoms with E-state index in [9.17, 15) is 9.59 Å². The van der Waals surface area contributed by atoms with Gasteiger partial charge in [0.1, 0.15) is 0 Å². The molecule has 2 N–H and O–H groups in total. The molecule has 0 radical (unpaired) electrons. The molecular weight excluding hydrogens is 274 g/mol. The van der Waals surface area contributed by atoms with Gasteiger partial charge in [0.05, 0.1) is 11.2 Å². The SMILES string of the molecule is Cc1ccc(C(C)(C)C(=O)NCCSCC(=O)O)cc1. The van der Waals surface area contributed by atoms with Crippen molar-refractivity contribution in [2.75, 3.05) is 18.1 Å². The Kier molecular flexibility index (Phi) is 6.07. The van der Waals surface area contributed by atoms with E-state index in [1.165, 1.54) is 11.8 Å². The van der Waals surface area contributed by atoms with E-state index in [0.29, 0.717) is 12.3 Å². The lowest BCUT2D eigenvalue weighted by molar-refractivity contribution is -0.134. The minimum Gasteiger partial charge on any atom is -0.481 e. The third-order valence-corrected chi connectivity index (χ3v) is 4.04. The summed E-state index contributed by atoms with van der Waals surface area (Å²) in [6.07, 6.45) is 0. The molecule has 4 nitrogen and oxygen atoms in total. The molecule has 0 heterocycles. The van der Waals surface area contributed by atoms with Crippen molar-refractivity contribution in [3.05, 3.63) is 35.4 Å². The summed E-state index contributed by atoms with van der Waals surface area (Å²) in [4.78, 5) is 22.6. The number of benzene rings is 1. The summed E-state index contributed by atoms with van der Waals surface area (Å²) in [5.41, 5.74) is 1.54. The minimum absolute atomic E-state index is 0.0442. The molecule has 0 unspecified atom stereocenters. The Hall–Kier alpha value is -1.49. The number of amides is 1. The van der Waals surface area contributed by atoms with E-state index in [-0.39, 0.29) is 11.7 Å². The molecule has 1 amide bonds. The number of aryl methyl sites for hydroxylation is 1. The number of carboxylic acids is 1. The molecule has 1 aromatic rings. The van der Waals surface area contributed by atoms with Crippen molar-refractivity contribution in [3.63, 3.8) is 0 Å². The van der Waals surface area contributed by atoms with Crippen LogP contribution in [0.3, 0.4) is 0 Å². The molecule has 0 aromatic heterocycles. The van der Waals surface area contributed by atoms with Crippen LogP contribution in [-0.2, 0) is 15.0 Å². The first-order valence-electron chi connectivity index (χ1n) is 6.49. The summed E-state index contributed by atoms with van der Waals surface area (Å²) in [5, 5.41) is 11.4. The van der Waals surface area contributed by atoms with Crippen LogP contribution >= 0.6 is 11.8 Å². The van der Waals surface area contributed by atoms with Gasteiger partial charge >= 0.3 is 5.97 Å². The largest absolute Gasteiger partial charge is 0.481 e. The van der Waals surface area contributed by atoms with E-state index in [1.807, 2.05) is 45.0 Å². The van der Waals surface area contributed by atoms with Crippen LogP contribution in [0.2, 0.25) is 0 Å². The molecule has 0 aliphatic heterocycles. The molecule has 1 aromatic carbocycles.